The Morgan fingerprint density at radius 1 is 0.581 bits per heavy atom. The Kier molecular flexibility index (Phi) is 30.3. The first-order valence-corrected chi connectivity index (χ1v) is 32.8. The molecule has 0 aliphatic heterocycles. The quantitative estimate of drug-likeness (QED) is 0.0189. The second-order valence-corrected chi connectivity index (χ2v) is 25.6. The number of Topliss-reactive ketones (excluding diaryl/α,β-unsaturated/α-hetero) is 4. The van der Waals surface area contributed by atoms with Gasteiger partial charge in [0.05, 0.1) is 29.9 Å². The zero-order valence-corrected chi connectivity index (χ0v) is 53.8. The number of halogens is 2. The molecule has 27 heteroatoms. The van der Waals surface area contributed by atoms with E-state index in [0.717, 1.165) is 17.7 Å². The number of unbranched alkanes of at least 4 members (excludes halogenated alkanes) is 3. The largest absolute Gasteiger partial charge is 0.481 e. The van der Waals surface area contributed by atoms with Gasteiger partial charge in [0.2, 0.25) is 33.7 Å². The van der Waals surface area contributed by atoms with E-state index in [2.05, 4.69) is 42.2 Å². The van der Waals surface area contributed by atoms with Crippen LogP contribution in [0.4, 0.5) is 4.39 Å². The van der Waals surface area contributed by atoms with Crippen molar-refractivity contribution in [2.75, 3.05) is 19.6 Å². The summed E-state index contributed by atoms with van der Waals surface area (Å²) >= 11 is 3.18. The van der Waals surface area contributed by atoms with Crippen LogP contribution in [0.15, 0.2) is 113 Å². The molecule has 0 aliphatic rings. The first kappa shape index (κ1) is 74.9. The van der Waals surface area contributed by atoms with Gasteiger partial charge in [0, 0.05) is 115 Å². The number of benzene rings is 4. The number of carbonyl (C=O) groups excluding carboxylic acids is 9. The highest BCUT2D eigenvalue weighted by Gasteiger charge is 2.35. The van der Waals surface area contributed by atoms with Gasteiger partial charge < -0.3 is 47.3 Å². The van der Waals surface area contributed by atoms with Crippen molar-refractivity contribution in [2.24, 2.45) is 29.4 Å². The predicted octanol–water partition coefficient (Wildman–Crippen LogP) is 6.38. The second-order valence-electron chi connectivity index (χ2n) is 23.0. The number of sulfonamides is 1. The number of nitrogens with one attached hydrogen (secondary N) is 6. The monoisotopic (exact) mass is 1370 g/mol. The number of aromatic amines is 1. The lowest BCUT2D eigenvalue weighted by atomic mass is 9.89. The summed E-state index contributed by atoms with van der Waals surface area (Å²) in [5, 5.41) is 40.1. The summed E-state index contributed by atoms with van der Waals surface area (Å²) in [7, 11) is -4.51. The summed E-state index contributed by atoms with van der Waals surface area (Å²) in [5.74, 6) is -15.8. The smallest absolute Gasteiger partial charge is 0.305 e. The van der Waals surface area contributed by atoms with E-state index in [-0.39, 0.29) is 60.8 Å². The average Bonchev–Trinajstić information content (AvgIpc) is 1.83. The molecule has 0 bridgehead atoms. The highest BCUT2D eigenvalue weighted by atomic mass is 79.9. The average molecular weight is 1370 g/mol. The number of fused-ring (bicyclic) bond motifs is 1. The number of aryl methyl sites for hydroxylation is 1. The fraction of sp³-hybridized carbons (Fsp3) is 0.424. The molecule has 0 unspecified atom stereocenters. The number of carbonyl (C=O) groups is 12. The molecule has 500 valence electrons. The van der Waals surface area contributed by atoms with Crippen LogP contribution in [0.3, 0.4) is 0 Å². The van der Waals surface area contributed by atoms with Crippen molar-refractivity contribution in [2.45, 2.75) is 139 Å². The SMILES string of the molecule is Cc1ccc(C(=O)NCCCC[C@H](CC(=O)CCCCCNC(=O)[C@H](CCC(=O)O)CC(=O)[C@H](Cc2c[nH]c3ccccc23)NC(=O)[C@@H](CC(=O)CNC(=O)[C@H](CCC(=O)O)CC(=O)[C@@H](CC(=O)O)NS(=O)(=O)c2ccc(Br)cc2)Cc2cccc(F)c2)C(N)=O)cc1. The van der Waals surface area contributed by atoms with Crippen LogP contribution >= 0.6 is 15.9 Å². The summed E-state index contributed by atoms with van der Waals surface area (Å²) in [5.41, 5.74) is 8.67. The van der Waals surface area contributed by atoms with Gasteiger partial charge in [-0.2, -0.15) is 0 Å². The number of amides is 5. The van der Waals surface area contributed by atoms with Gasteiger partial charge in [-0.3, -0.25) is 57.5 Å². The number of rotatable bonds is 44. The summed E-state index contributed by atoms with van der Waals surface area (Å²) in [4.78, 5) is 160. The lowest BCUT2D eigenvalue weighted by molar-refractivity contribution is -0.140. The van der Waals surface area contributed by atoms with E-state index in [9.17, 15) is 85.7 Å². The molecule has 5 amide bonds. The minimum absolute atomic E-state index is 0.0469. The number of para-hydroxylation sites is 1. The third-order valence-corrected chi connectivity index (χ3v) is 17.6. The Hall–Kier alpha value is -8.82. The molecule has 24 nitrogen and oxygen atoms in total. The van der Waals surface area contributed by atoms with E-state index >= 15 is 0 Å². The van der Waals surface area contributed by atoms with Gasteiger partial charge in [0.15, 0.2) is 17.3 Å². The number of nitrogens with two attached hydrogens (primary N) is 1. The fourth-order valence-electron chi connectivity index (χ4n) is 10.4. The first-order valence-electron chi connectivity index (χ1n) is 30.5. The molecular weight excluding hydrogens is 1290 g/mol. The molecule has 1 aromatic heterocycles. The molecule has 0 spiro atoms. The molecule has 1 heterocycles. The molecule has 5 rings (SSSR count). The van der Waals surface area contributed by atoms with Gasteiger partial charge in [-0.1, -0.05) is 76.8 Å². The summed E-state index contributed by atoms with van der Waals surface area (Å²) in [6.07, 6.45) is -1.06. The number of carboxylic acid groups (broad SMARTS) is 3. The molecule has 11 N–H and O–H groups in total. The number of ketones is 4. The zero-order chi connectivity index (χ0) is 68.2. The zero-order valence-electron chi connectivity index (χ0n) is 51.4. The number of H-pyrrole nitrogens is 1. The highest BCUT2D eigenvalue weighted by Crippen LogP contribution is 2.25. The van der Waals surface area contributed by atoms with E-state index in [1.807, 2.05) is 23.8 Å². The minimum atomic E-state index is -4.51. The topological polar surface area (TPSA) is 402 Å². The van der Waals surface area contributed by atoms with E-state index in [1.54, 1.807) is 42.6 Å². The van der Waals surface area contributed by atoms with Gasteiger partial charge in [0.25, 0.3) is 5.91 Å². The van der Waals surface area contributed by atoms with Gasteiger partial charge in [-0.25, -0.2) is 17.5 Å². The molecule has 0 fully saturated rings. The van der Waals surface area contributed by atoms with E-state index in [0.29, 0.717) is 71.6 Å². The van der Waals surface area contributed by atoms with Crippen LogP contribution in [0, 0.1) is 36.4 Å². The van der Waals surface area contributed by atoms with Crippen LogP contribution in [-0.2, 0) is 75.6 Å². The normalized spacial score (nSPS) is 13.3. The number of primary amides is 1. The summed E-state index contributed by atoms with van der Waals surface area (Å²) < 4.78 is 43.6. The number of hydrogen-bond acceptors (Lipinski definition) is 14. The Bertz CT molecular complexity index is 3580. The third kappa shape index (κ3) is 26.4. The number of aromatic nitrogens is 1. The Balaban J connectivity index is 1.24. The lowest BCUT2D eigenvalue weighted by Gasteiger charge is -2.24. The maximum atomic E-state index is 14.7. The molecule has 4 aromatic carbocycles. The van der Waals surface area contributed by atoms with Crippen molar-refractivity contribution in [1.29, 1.82) is 0 Å². The molecule has 93 heavy (non-hydrogen) atoms. The Labute approximate surface area is 545 Å². The number of aliphatic carboxylic acids is 3. The van der Waals surface area contributed by atoms with Crippen LogP contribution < -0.4 is 31.7 Å². The third-order valence-electron chi connectivity index (χ3n) is 15.6. The number of carboxylic acids is 3. The van der Waals surface area contributed by atoms with Crippen LogP contribution in [0.1, 0.15) is 130 Å². The molecular formula is C66H79BrFN7O17S. The molecule has 5 aromatic rings. The molecule has 0 aliphatic carbocycles. The number of hydrogen-bond donors (Lipinski definition) is 10. The maximum absolute atomic E-state index is 14.7. The van der Waals surface area contributed by atoms with E-state index in [1.165, 1.54) is 36.4 Å². The van der Waals surface area contributed by atoms with Crippen LogP contribution in [0.2, 0.25) is 0 Å². The van der Waals surface area contributed by atoms with Gasteiger partial charge in [0.1, 0.15) is 11.6 Å². The van der Waals surface area contributed by atoms with Crippen LogP contribution in [0.5, 0.6) is 0 Å². The summed E-state index contributed by atoms with van der Waals surface area (Å²) in [6.45, 7) is 1.57. The minimum Gasteiger partial charge on any atom is -0.481 e. The van der Waals surface area contributed by atoms with E-state index < -0.39 is 162 Å². The fourth-order valence-corrected chi connectivity index (χ4v) is 11.9. The highest BCUT2D eigenvalue weighted by molar-refractivity contribution is 9.10. The Morgan fingerprint density at radius 3 is 1.83 bits per heavy atom. The van der Waals surface area contributed by atoms with Crippen molar-refractivity contribution in [3.63, 3.8) is 0 Å². The van der Waals surface area contributed by atoms with Crippen molar-refractivity contribution >= 4 is 107 Å². The van der Waals surface area contributed by atoms with Crippen LogP contribution in [0.25, 0.3) is 10.9 Å². The standard InChI is InChI=1S/C66H79BrFN7O17S/c1-40-16-18-42(19-17-40)63(87)70-29-8-6-11-43(62(69)86)32-50(76)13-3-2-7-28-71-64(88)44(20-26-59(80)81)35-57(78)55(34-47-38-72-54-15-5-4-14-53(47)54)74-66(90)46(30-41-10-9-12-49(68)31-41)33-51(77)39-73-65(89)45(21-27-60(82)83)36-58(79)56(37-61(84)85)75-93(91,92)52-24-22-48(67)23-25-52/h4-5,9-10,12,14-19,22-25,31,38,43-46,55-56,72,75H,2-3,6-8,11,13,20-21,26-30,32-37,39H2,1H3,(H2,69,86)(H,70,87)(H,71,88)(H,73,89)(H,74,90)(H,80,81)(H,82,83)(H,84,85)/t43-,44-,45-,46-,55+,56-/m1/s1. The first-order chi connectivity index (χ1) is 44.2. The maximum Gasteiger partial charge on any atom is 0.305 e. The predicted molar refractivity (Wildman–Crippen MR) is 342 cm³/mol. The van der Waals surface area contributed by atoms with Crippen molar-refractivity contribution in [3.8, 4) is 0 Å². The van der Waals surface area contributed by atoms with Crippen molar-refractivity contribution < 1.29 is 85.7 Å². The summed E-state index contributed by atoms with van der Waals surface area (Å²) in [6, 6.07) is 21.2. The molecule has 0 saturated carbocycles. The van der Waals surface area contributed by atoms with Crippen molar-refractivity contribution in [1.82, 2.24) is 31.0 Å². The molecule has 6 atom stereocenters. The lowest BCUT2D eigenvalue weighted by Crippen LogP contribution is -2.47. The molecule has 0 radical (unpaired) electrons. The van der Waals surface area contributed by atoms with Gasteiger partial charge in [-0.05, 0) is 118 Å². The van der Waals surface area contributed by atoms with E-state index in [4.69, 9.17) is 5.73 Å². The second kappa shape index (κ2) is 37.6. The van der Waals surface area contributed by atoms with Gasteiger partial charge in [-0.15, -0.1) is 0 Å². The molecule has 0 saturated heterocycles. The Morgan fingerprint density at radius 2 is 1.19 bits per heavy atom. The van der Waals surface area contributed by atoms with Crippen LogP contribution in [-0.4, -0.2) is 131 Å². The van der Waals surface area contributed by atoms with Crippen molar-refractivity contribution in [3.05, 3.63) is 136 Å². The van der Waals surface area contributed by atoms with Gasteiger partial charge >= 0.3 is 17.9 Å².